The highest BCUT2D eigenvalue weighted by molar-refractivity contribution is 5.98. The van der Waals surface area contributed by atoms with E-state index in [2.05, 4.69) is 10.3 Å². The molecule has 3 atom stereocenters. The molecule has 0 bridgehead atoms. The first kappa shape index (κ1) is 16.6. The molecule has 0 saturated heterocycles. The molecule has 2 N–H and O–H groups in total. The minimum Gasteiger partial charge on any atom is -0.459 e. The molecule has 134 valence electrons. The summed E-state index contributed by atoms with van der Waals surface area (Å²) in [5.74, 6) is 0.289. The normalized spacial score (nSPS) is 22.4. The fraction of sp³-hybridized carbons (Fsp3) is 0.300. The maximum atomic E-state index is 12.7. The van der Waals surface area contributed by atoms with Gasteiger partial charge in [0, 0.05) is 24.5 Å². The Balaban J connectivity index is 1.43. The molecule has 1 aromatic carbocycles. The van der Waals surface area contributed by atoms with Gasteiger partial charge in [-0.25, -0.2) is 4.98 Å². The van der Waals surface area contributed by atoms with Crippen LogP contribution in [0.5, 0.6) is 0 Å². The van der Waals surface area contributed by atoms with Gasteiger partial charge in [0.1, 0.15) is 0 Å². The lowest BCUT2D eigenvalue weighted by Crippen LogP contribution is -2.39. The van der Waals surface area contributed by atoms with E-state index < -0.39 is 6.10 Å². The van der Waals surface area contributed by atoms with E-state index in [4.69, 9.17) is 4.42 Å². The number of amides is 1. The number of hydrogen-bond donors (Lipinski definition) is 2. The molecule has 1 aliphatic carbocycles. The summed E-state index contributed by atoms with van der Waals surface area (Å²) in [6, 6.07) is 11.2. The van der Waals surface area contributed by atoms with Crippen LogP contribution in [-0.4, -0.2) is 32.7 Å². The van der Waals surface area contributed by atoms with Gasteiger partial charge in [0.2, 0.25) is 0 Å². The van der Waals surface area contributed by atoms with Crippen molar-refractivity contribution in [1.82, 2.24) is 14.9 Å². The standard InChI is InChI=1S/C20H21N3O3/c24-18-11-14(12-23-8-7-21-13-23)10-17(18)22-20(25)19-16(6-9-26-19)15-4-2-1-3-5-15/h1-9,13-14,17-18,24H,10-12H2,(H,22,25)/t14?,17-,18-/m1/s1. The SMILES string of the molecule is O=C(N[C@@H]1CC(Cn2ccnc2)C[C@H]1O)c1occc1-c1ccccc1. The van der Waals surface area contributed by atoms with Gasteiger partial charge >= 0.3 is 0 Å². The molecule has 1 saturated carbocycles. The molecular formula is C20H21N3O3. The summed E-state index contributed by atoms with van der Waals surface area (Å²) in [5, 5.41) is 13.3. The molecule has 0 spiro atoms. The van der Waals surface area contributed by atoms with E-state index in [1.54, 1.807) is 18.6 Å². The van der Waals surface area contributed by atoms with E-state index in [-0.39, 0.29) is 17.7 Å². The second kappa shape index (κ2) is 7.17. The Morgan fingerprint density at radius 3 is 2.88 bits per heavy atom. The van der Waals surface area contributed by atoms with Crippen molar-refractivity contribution >= 4 is 5.91 Å². The van der Waals surface area contributed by atoms with Crippen molar-refractivity contribution in [2.45, 2.75) is 31.5 Å². The largest absolute Gasteiger partial charge is 0.459 e. The highest BCUT2D eigenvalue weighted by Crippen LogP contribution is 2.29. The minimum atomic E-state index is -0.553. The zero-order valence-electron chi connectivity index (χ0n) is 14.3. The van der Waals surface area contributed by atoms with Crippen molar-refractivity contribution in [1.29, 1.82) is 0 Å². The number of aliphatic hydroxyl groups is 1. The highest BCUT2D eigenvalue weighted by Gasteiger charge is 2.35. The number of rotatable bonds is 5. The second-order valence-electron chi connectivity index (χ2n) is 6.77. The Morgan fingerprint density at radius 1 is 1.27 bits per heavy atom. The van der Waals surface area contributed by atoms with Gasteiger partial charge in [-0.2, -0.15) is 0 Å². The van der Waals surface area contributed by atoms with Crippen LogP contribution in [0.25, 0.3) is 11.1 Å². The molecule has 2 heterocycles. The number of nitrogens with zero attached hydrogens (tertiary/aromatic N) is 2. The molecule has 4 rings (SSSR count). The highest BCUT2D eigenvalue weighted by atomic mass is 16.3. The molecule has 1 unspecified atom stereocenters. The summed E-state index contributed by atoms with van der Waals surface area (Å²) >= 11 is 0. The number of carbonyl (C=O) groups is 1. The molecule has 3 aromatic rings. The van der Waals surface area contributed by atoms with Crippen molar-refractivity contribution < 1.29 is 14.3 Å². The van der Waals surface area contributed by atoms with Crippen molar-refractivity contribution in [3.05, 3.63) is 67.1 Å². The third-order valence-corrected chi connectivity index (χ3v) is 4.93. The molecule has 6 nitrogen and oxygen atoms in total. The van der Waals surface area contributed by atoms with E-state index >= 15 is 0 Å². The number of nitrogens with one attached hydrogen (secondary N) is 1. The second-order valence-corrected chi connectivity index (χ2v) is 6.77. The van der Waals surface area contributed by atoms with Crippen LogP contribution in [0.1, 0.15) is 23.4 Å². The van der Waals surface area contributed by atoms with Gasteiger partial charge in [0.05, 0.1) is 24.7 Å². The lowest BCUT2D eigenvalue weighted by atomic mass is 10.1. The number of furan rings is 1. The molecule has 0 radical (unpaired) electrons. The summed E-state index contributed by atoms with van der Waals surface area (Å²) in [7, 11) is 0. The molecule has 0 aliphatic heterocycles. The first-order valence-corrected chi connectivity index (χ1v) is 8.78. The summed E-state index contributed by atoms with van der Waals surface area (Å²) in [5.41, 5.74) is 1.68. The van der Waals surface area contributed by atoms with Gasteiger partial charge in [-0.15, -0.1) is 0 Å². The van der Waals surface area contributed by atoms with Crippen LogP contribution >= 0.6 is 0 Å². The van der Waals surface area contributed by atoms with Crippen molar-refractivity contribution in [2.75, 3.05) is 0 Å². The van der Waals surface area contributed by atoms with Crippen LogP contribution in [0.4, 0.5) is 0 Å². The third-order valence-electron chi connectivity index (χ3n) is 4.93. The number of imidazole rings is 1. The first-order chi connectivity index (χ1) is 12.7. The maximum Gasteiger partial charge on any atom is 0.287 e. The topological polar surface area (TPSA) is 80.3 Å². The average Bonchev–Trinajstić information content (AvgIpc) is 3.38. The molecule has 1 amide bonds. The van der Waals surface area contributed by atoms with E-state index in [1.165, 1.54) is 6.26 Å². The number of carbonyl (C=O) groups excluding carboxylic acids is 1. The van der Waals surface area contributed by atoms with E-state index in [1.807, 2.05) is 41.1 Å². The predicted octanol–water partition coefficient (Wildman–Crippen LogP) is 2.71. The molecule has 26 heavy (non-hydrogen) atoms. The summed E-state index contributed by atoms with van der Waals surface area (Å²) < 4.78 is 7.43. The third kappa shape index (κ3) is 3.41. The summed E-state index contributed by atoms with van der Waals surface area (Å²) in [6.07, 6.45) is 7.78. The molecule has 6 heteroatoms. The molecular weight excluding hydrogens is 330 g/mol. The molecule has 2 aromatic heterocycles. The van der Waals surface area contributed by atoms with Crippen LogP contribution in [-0.2, 0) is 6.54 Å². The predicted molar refractivity (Wildman–Crippen MR) is 96.4 cm³/mol. The Bertz CT molecular complexity index is 858. The van der Waals surface area contributed by atoms with Gasteiger partial charge in [-0.1, -0.05) is 30.3 Å². The Kier molecular flexibility index (Phi) is 4.58. The number of benzene rings is 1. The van der Waals surface area contributed by atoms with Gasteiger partial charge in [-0.05, 0) is 30.4 Å². The lowest BCUT2D eigenvalue weighted by molar-refractivity contribution is 0.0847. The van der Waals surface area contributed by atoms with Crippen LogP contribution in [0.2, 0.25) is 0 Å². The number of aromatic nitrogens is 2. The first-order valence-electron chi connectivity index (χ1n) is 8.78. The van der Waals surface area contributed by atoms with Crippen molar-refractivity contribution in [2.24, 2.45) is 5.92 Å². The lowest BCUT2D eigenvalue weighted by Gasteiger charge is -2.16. The summed E-state index contributed by atoms with van der Waals surface area (Å²) in [6.45, 7) is 0.791. The Hall–Kier alpha value is -2.86. The molecule has 1 aliphatic rings. The van der Waals surface area contributed by atoms with E-state index in [9.17, 15) is 9.90 Å². The van der Waals surface area contributed by atoms with Gasteiger partial charge < -0.3 is 19.4 Å². The zero-order chi connectivity index (χ0) is 17.9. The van der Waals surface area contributed by atoms with Gasteiger partial charge in [0.15, 0.2) is 5.76 Å². The zero-order valence-corrected chi connectivity index (χ0v) is 14.3. The smallest absolute Gasteiger partial charge is 0.287 e. The van der Waals surface area contributed by atoms with E-state index in [0.29, 0.717) is 12.3 Å². The molecule has 1 fully saturated rings. The van der Waals surface area contributed by atoms with Crippen LogP contribution in [0, 0.1) is 5.92 Å². The number of hydrogen-bond acceptors (Lipinski definition) is 4. The summed E-state index contributed by atoms with van der Waals surface area (Å²) in [4.78, 5) is 16.7. The van der Waals surface area contributed by atoms with Crippen LogP contribution < -0.4 is 5.32 Å². The average molecular weight is 351 g/mol. The minimum absolute atomic E-state index is 0.273. The van der Waals surface area contributed by atoms with E-state index in [0.717, 1.165) is 24.1 Å². The van der Waals surface area contributed by atoms with Crippen molar-refractivity contribution in [3.63, 3.8) is 0 Å². The quantitative estimate of drug-likeness (QED) is 0.741. The fourth-order valence-electron chi connectivity index (χ4n) is 3.68. The maximum absolute atomic E-state index is 12.7. The Morgan fingerprint density at radius 2 is 2.12 bits per heavy atom. The fourth-order valence-corrected chi connectivity index (χ4v) is 3.68. The monoisotopic (exact) mass is 351 g/mol. The van der Waals surface area contributed by atoms with Crippen LogP contribution in [0.3, 0.4) is 0 Å². The number of aliphatic hydroxyl groups excluding tert-OH is 1. The van der Waals surface area contributed by atoms with Gasteiger partial charge in [0.25, 0.3) is 5.91 Å². The van der Waals surface area contributed by atoms with Crippen LogP contribution in [0.15, 0.2) is 65.8 Å². The van der Waals surface area contributed by atoms with Gasteiger partial charge in [-0.3, -0.25) is 4.79 Å². The van der Waals surface area contributed by atoms with Crippen molar-refractivity contribution in [3.8, 4) is 11.1 Å². The Labute approximate surface area is 151 Å².